The molecule has 9 nitrogen and oxygen atoms in total. The third kappa shape index (κ3) is 4.32. The molecule has 0 amide bonds. The lowest BCUT2D eigenvalue weighted by Crippen LogP contribution is -2.30. The van der Waals surface area contributed by atoms with Gasteiger partial charge in [0.2, 0.25) is 5.43 Å². The maximum atomic E-state index is 14.9. The minimum atomic E-state index is -1.28. The molecule has 7 rings (SSSR count). The molecule has 3 aliphatic rings. The number of hydrogen-bond acceptors (Lipinski definition) is 7. The van der Waals surface area contributed by atoms with Crippen molar-refractivity contribution in [2.45, 2.75) is 31.7 Å². The van der Waals surface area contributed by atoms with E-state index in [0.29, 0.717) is 29.6 Å². The van der Waals surface area contributed by atoms with E-state index in [1.807, 2.05) is 6.20 Å². The molecule has 2 aliphatic carbocycles. The molecule has 1 saturated heterocycles. The summed E-state index contributed by atoms with van der Waals surface area (Å²) in [6, 6.07) is 5.53. The van der Waals surface area contributed by atoms with Crippen molar-refractivity contribution in [3.8, 4) is 22.3 Å². The Labute approximate surface area is 242 Å². The minimum absolute atomic E-state index is 0.232. The first-order valence-corrected chi connectivity index (χ1v) is 14.4. The standard InChI is InChI=1S/C32H33FN6O3/c1-34-26-10-19(33)9-22-21(26)11-27-28(22)29(39-7-6-17(15-39)14-37(2)20-4-5-20)24(13-35-27)18-8-23-30(40)25(32(41)42)16-38(3)31(23)36-12-18/h8-10,12-13,16-17,20,34H,4-7,11,14-15H2,1-3H3,(H,41,42). The Hall–Kier alpha value is -4.31. The Morgan fingerprint density at radius 2 is 1.98 bits per heavy atom. The fourth-order valence-electron chi connectivity index (χ4n) is 6.86. The van der Waals surface area contributed by atoms with E-state index < -0.39 is 11.4 Å². The Morgan fingerprint density at radius 1 is 1.17 bits per heavy atom. The van der Waals surface area contributed by atoms with Crippen molar-refractivity contribution in [2.24, 2.45) is 13.0 Å². The van der Waals surface area contributed by atoms with Crippen molar-refractivity contribution in [1.82, 2.24) is 19.4 Å². The number of aromatic nitrogens is 3. The van der Waals surface area contributed by atoms with Crippen LogP contribution in [0, 0.1) is 11.7 Å². The molecular formula is C32H33FN6O3. The number of aryl methyl sites for hydroxylation is 1. The molecule has 1 atom stereocenters. The fourth-order valence-corrected chi connectivity index (χ4v) is 6.86. The lowest BCUT2D eigenvalue weighted by atomic mass is 9.97. The predicted octanol–water partition coefficient (Wildman–Crippen LogP) is 4.37. The topological polar surface area (TPSA) is 104 Å². The van der Waals surface area contributed by atoms with Crippen LogP contribution in [0.1, 0.15) is 40.9 Å². The molecule has 4 aromatic rings. The van der Waals surface area contributed by atoms with Gasteiger partial charge in [-0.2, -0.15) is 0 Å². The first kappa shape index (κ1) is 26.6. The lowest BCUT2D eigenvalue weighted by Gasteiger charge is -2.27. The molecule has 216 valence electrons. The van der Waals surface area contributed by atoms with Crippen LogP contribution >= 0.6 is 0 Å². The van der Waals surface area contributed by atoms with Crippen molar-refractivity contribution in [2.75, 3.05) is 43.9 Å². The molecule has 0 bridgehead atoms. The summed E-state index contributed by atoms with van der Waals surface area (Å²) in [6.07, 6.45) is 9.01. The monoisotopic (exact) mass is 568 g/mol. The van der Waals surface area contributed by atoms with E-state index in [0.717, 1.165) is 65.4 Å². The molecule has 10 heteroatoms. The average molecular weight is 569 g/mol. The molecule has 1 aromatic carbocycles. The number of hydrogen-bond donors (Lipinski definition) is 2. The molecule has 4 heterocycles. The van der Waals surface area contributed by atoms with Crippen LogP contribution in [0.15, 0.2) is 41.6 Å². The van der Waals surface area contributed by atoms with E-state index in [-0.39, 0.29) is 16.8 Å². The van der Waals surface area contributed by atoms with Gasteiger partial charge in [0.05, 0.1) is 16.8 Å². The fraction of sp³-hybridized carbons (Fsp3) is 0.375. The van der Waals surface area contributed by atoms with Crippen molar-refractivity contribution in [3.63, 3.8) is 0 Å². The molecule has 0 spiro atoms. The quantitative estimate of drug-likeness (QED) is 0.299. The normalized spacial score (nSPS) is 17.6. The number of aromatic carboxylic acids is 1. The number of anilines is 2. The number of rotatable bonds is 7. The van der Waals surface area contributed by atoms with Gasteiger partial charge in [0, 0.05) is 87.2 Å². The number of nitrogens with zero attached hydrogens (tertiary/aromatic N) is 5. The number of nitrogens with one attached hydrogen (secondary N) is 1. The lowest BCUT2D eigenvalue weighted by molar-refractivity contribution is 0.0695. The highest BCUT2D eigenvalue weighted by Gasteiger charge is 2.35. The van der Waals surface area contributed by atoms with Gasteiger partial charge in [-0.1, -0.05) is 0 Å². The summed E-state index contributed by atoms with van der Waals surface area (Å²) >= 11 is 0. The maximum absolute atomic E-state index is 14.9. The summed E-state index contributed by atoms with van der Waals surface area (Å²) in [7, 11) is 5.68. The second-order valence-corrected chi connectivity index (χ2v) is 11.9. The summed E-state index contributed by atoms with van der Waals surface area (Å²) in [5.74, 6) is -1.10. The molecule has 1 saturated carbocycles. The van der Waals surface area contributed by atoms with Gasteiger partial charge in [-0.3, -0.25) is 9.78 Å². The van der Waals surface area contributed by atoms with Gasteiger partial charge in [-0.05, 0) is 61.6 Å². The summed E-state index contributed by atoms with van der Waals surface area (Å²) in [5.41, 5.74) is 6.36. The zero-order valence-electron chi connectivity index (χ0n) is 23.9. The minimum Gasteiger partial charge on any atom is -0.477 e. The number of fused-ring (bicyclic) bond motifs is 4. The van der Waals surface area contributed by atoms with E-state index in [2.05, 4.69) is 27.1 Å². The second kappa shape index (κ2) is 9.90. The van der Waals surface area contributed by atoms with Crippen LogP contribution in [0.25, 0.3) is 33.3 Å². The summed E-state index contributed by atoms with van der Waals surface area (Å²) in [4.78, 5) is 39.3. The van der Waals surface area contributed by atoms with E-state index in [9.17, 15) is 19.1 Å². The van der Waals surface area contributed by atoms with Crippen LogP contribution in [0.4, 0.5) is 15.8 Å². The van der Waals surface area contributed by atoms with Crippen molar-refractivity contribution in [1.29, 1.82) is 0 Å². The number of pyridine rings is 3. The average Bonchev–Trinajstić information content (AvgIpc) is 3.63. The van der Waals surface area contributed by atoms with Gasteiger partial charge in [0.25, 0.3) is 0 Å². The van der Waals surface area contributed by atoms with Crippen molar-refractivity contribution in [3.05, 3.63) is 69.7 Å². The molecule has 42 heavy (non-hydrogen) atoms. The Bertz CT molecular complexity index is 1830. The summed E-state index contributed by atoms with van der Waals surface area (Å²) < 4.78 is 16.5. The SMILES string of the molecule is CNc1cc(F)cc2c1Cc1ncc(-c3cnc4c(c3)c(=O)c(C(=O)O)cn4C)c(N3CCC(CN(C)C4CC4)C3)c1-2. The first-order chi connectivity index (χ1) is 20.2. The van der Waals surface area contributed by atoms with E-state index in [1.54, 1.807) is 37.0 Å². The first-order valence-electron chi connectivity index (χ1n) is 14.4. The highest BCUT2D eigenvalue weighted by atomic mass is 19.1. The highest BCUT2D eigenvalue weighted by Crippen LogP contribution is 2.49. The van der Waals surface area contributed by atoms with Crippen LogP contribution in [0.2, 0.25) is 0 Å². The maximum Gasteiger partial charge on any atom is 0.341 e. The van der Waals surface area contributed by atoms with Gasteiger partial charge >= 0.3 is 5.97 Å². The number of carboxylic acids is 1. The number of halogens is 1. The van der Waals surface area contributed by atoms with Crippen LogP contribution < -0.4 is 15.6 Å². The highest BCUT2D eigenvalue weighted by molar-refractivity contribution is 5.98. The van der Waals surface area contributed by atoms with Crippen molar-refractivity contribution >= 4 is 28.4 Å². The Balaban J connectivity index is 1.41. The zero-order chi connectivity index (χ0) is 29.3. The summed E-state index contributed by atoms with van der Waals surface area (Å²) in [6.45, 7) is 2.74. The second-order valence-electron chi connectivity index (χ2n) is 11.9. The third-order valence-corrected chi connectivity index (χ3v) is 9.10. The molecule has 1 aliphatic heterocycles. The molecule has 0 radical (unpaired) electrons. The predicted molar refractivity (Wildman–Crippen MR) is 161 cm³/mol. The Morgan fingerprint density at radius 3 is 2.71 bits per heavy atom. The molecule has 2 N–H and O–H groups in total. The van der Waals surface area contributed by atoms with Gasteiger partial charge in [-0.15, -0.1) is 0 Å². The molecule has 3 aromatic heterocycles. The van der Waals surface area contributed by atoms with E-state index in [4.69, 9.17) is 4.98 Å². The zero-order valence-corrected chi connectivity index (χ0v) is 23.9. The largest absolute Gasteiger partial charge is 0.477 e. The van der Waals surface area contributed by atoms with Crippen LogP contribution in [0.3, 0.4) is 0 Å². The van der Waals surface area contributed by atoms with Crippen LogP contribution in [0.5, 0.6) is 0 Å². The van der Waals surface area contributed by atoms with E-state index in [1.165, 1.54) is 25.1 Å². The number of benzene rings is 1. The van der Waals surface area contributed by atoms with E-state index >= 15 is 0 Å². The van der Waals surface area contributed by atoms with Gasteiger partial charge < -0.3 is 24.8 Å². The smallest absolute Gasteiger partial charge is 0.341 e. The van der Waals surface area contributed by atoms with Gasteiger partial charge in [0.1, 0.15) is 17.0 Å². The van der Waals surface area contributed by atoms with Crippen LogP contribution in [-0.4, -0.2) is 70.3 Å². The van der Waals surface area contributed by atoms with Crippen molar-refractivity contribution < 1.29 is 14.3 Å². The van der Waals surface area contributed by atoms with Crippen LogP contribution in [-0.2, 0) is 13.5 Å². The molecular weight excluding hydrogens is 535 g/mol. The summed E-state index contributed by atoms with van der Waals surface area (Å²) in [5, 5.41) is 13.0. The number of carbonyl (C=O) groups is 1. The molecule has 1 unspecified atom stereocenters. The van der Waals surface area contributed by atoms with Gasteiger partial charge in [0.15, 0.2) is 0 Å². The Kier molecular flexibility index (Phi) is 6.27. The molecule has 2 fully saturated rings. The van der Waals surface area contributed by atoms with Gasteiger partial charge in [-0.25, -0.2) is 14.2 Å². The number of carboxylic acid groups (broad SMARTS) is 1. The third-order valence-electron chi connectivity index (χ3n) is 9.10.